The summed E-state index contributed by atoms with van der Waals surface area (Å²) in [5.74, 6) is 1.06. The summed E-state index contributed by atoms with van der Waals surface area (Å²) in [6.45, 7) is 6.92. The second kappa shape index (κ2) is 8.41. The fourth-order valence-corrected chi connectivity index (χ4v) is 3.57. The van der Waals surface area contributed by atoms with Crippen molar-refractivity contribution in [3.05, 3.63) is 101 Å². The van der Waals surface area contributed by atoms with Crippen LogP contribution in [0.1, 0.15) is 22.3 Å². The van der Waals surface area contributed by atoms with Gasteiger partial charge in [0.2, 0.25) is 0 Å². The van der Waals surface area contributed by atoms with Gasteiger partial charge in [-0.1, -0.05) is 66.7 Å². The topological polar surface area (TPSA) is 18.8 Å². The fourth-order valence-electron chi connectivity index (χ4n) is 3.57. The largest absolute Gasteiger partial charge is 0.313 e. The SMILES string of the molecule is Cc1ccc(N2CN(CCc3ccccc3)CN=C2c2ccccc2)cc1C. The summed E-state index contributed by atoms with van der Waals surface area (Å²) in [4.78, 5) is 9.73. The number of amidine groups is 1. The molecule has 0 atom stereocenters. The van der Waals surface area contributed by atoms with Gasteiger partial charge in [0.25, 0.3) is 0 Å². The number of benzene rings is 3. The lowest BCUT2D eigenvalue weighted by Crippen LogP contribution is -2.47. The average Bonchev–Trinajstić information content (AvgIpc) is 2.75. The van der Waals surface area contributed by atoms with Crippen LogP contribution in [-0.2, 0) is 6.42 Å². The third-order valence-electron chi connectivity index (χ3n) is 5.41. The molecule has 0 aromatic heterocycles. The minimum absolute atomic E-state index is 0.735. The Labute approximate surface area is 168 Å². The lowest BCUT2D eigenvalue weighted by Gasteiger charge is -2.36. The Morgan fingerprint density at radius 2 is 1.54 bits per heavy atom. The van der Waals surface area contributed by atoms with E-state index >= 15 is 0 Å². The highest BCUT2D eigenvalue weighted by atomic mass is 15.4. The number of anilines is 1. The summed E-state index contributed by atoms with van der Waals surface area (Å²) in [6.07, 6.45) is 1.04. The molecule has 0 fully saturated rings. The Balaban J connectivity index is 1.59. The quantitative estimate of drug-likeness (QED) is 0.628. The standard InChI is InChI=1S/C25H27N3/c1-20-13-14-24(17-21(20)2)28-19-27(16-15-22-9-5-3-6-10-22)18-26-25(28)23-11-7-4-8-12-23/h3-14,17H,15-16,18-19H2,1-2H3. The van der Waals surface area contributed by atoms with Crippen molar-refractivity contribution in [2.45, 2.75) is 20.3 Å². The predicted octanol–water partition coefficient (Wildman–Crippen LogP) is 5.03. The highest BCUT2D eigenvalue weighted by molar-refractivity contribution is 6.10. The van der Waals surface area contributed by atoms with Crippen molar-refractivity contribution < 1.29 is 0 Å². The van der Waals surface area contributed by atoms with Crippen molar-refractivity contribution in [1.82, 2.24) is 4.90 Å². The van der Waals surface area contributed by atoms with Crippen molar-refractivity contribution >= 4 is 11.5 Å². The van der Waals surface area contributed by atoms with E-state index < -0.39 is 0 Å². The monoisotopic (exact) mass is 369 g/mol. The van der Waals surface area contributed by atoms with Crippen molar-refractivity contribution in [1.29, 1.82) is 0 Å². The molecule has 1 heterocycles. The van der Waals surface area contributed by atoms with Gasteiger partial charge in [-0.3, -0.25) is 9.89 Å². The van der Waals surface area contributed by atoms with Gasteiger partial charge in [-0.15, -0.1) is 0 Å². The van der Waals surface area contributed by atoms with E-state index in [1.165, 1.54) is 27.9 Å². The molecule has 142 valence electrons. The van der Waals surface area contributed by atoms with Gasteiger partial charge in [0.05, 0.1) is 13.3 Å². The lowest BCUT2D eigenvalue weighted by molar-refractivity contribution is 0.285. The van der Waals surface area contributed by atoms with Crippen LogP contribution in [0.5, 0.6) is 0 Å². The van der Waals surface area contributed by atoms with E-state index in [9.17, 15) is 0 Å². The van der Waals surface area contributed by atoms with Crippen LogP contribution in [0.3, 0.4) is 0 Å². The number of nitrogens with zero attached hydrogens (tertiary/aromatic N) is 3. The first kappa shape index (κ1) is 18.5. The van der Waals surface area contributed by atoms with E-state index in [-0.39, 0.29) is 0 Å². The van der Waals surface area contributed by atoms with Gasteiger partial charge in [-0.05, 0) is 49.1 Å². The molecule has 4 rings (SSSR count). The zero-order valence-corrected chi connectivity index (χ0v) is 16.7. The number of hydrogen-bond donors (Lipinski definition) is 0. The summed E-state index contributed by atoms with van der Waals surface area (Å²) in [7, 11) is 0. The Hall–Kier alpha value is -2.91. The molecule has 0 amide bonds. The zero-order chi connectivity index (χ0) is 19.3. The molecule has 0 saturated heterocycles. The first-order valence-electron chi connectivity index (χ1n) is 9.91. The number of hydrogen-bond acceptors (Lipinski definition) is 3. The molecule has 0 aliphatic carbocycles. The van der Waals surface area contributed by atoms with Gasteiger partial charge in [0.1, 0.15) is 5.84 Å². The average molecular weight is 370 g/mol. The van der Waals surface area contributed by atoms with E-state index in [0.29, 0.717) is 0 Å². The minimum atomic E-state index is 0.735. The second-order valence-corrected chi connectivity index (χ2v) is 7.46. The van der Waals surface area contributed by atoms with Crippen LogP contribution >= 0.6 is 0 Å². The molecular formula is C25H27N3. The molecule has 0 radical (unpaired) electrons. The van der Waals surface area contributed by atoms with Gasteiger partial charge >= 0.3 is 0 Å². The van der Waals surface area contributed by atoms with Crippen molar-refractivity contribution in [3.63, 3.8) is 0 Å². The van der Waals surface area contributed by atoms with Crippen LogP contribution in [0.2, 0.25) is 0 Å². The van der Waals surface area contributed by atoms with Gasteiger partial charge in [0, 0.05) is 17.8 Å². The molecule has 3 nitrogen and oxygen atoms in total. The molecular weight excluding hydrogens is 342 g/mol. The van der Waals surface area contributed by atoms with Crippen molar-refractivity contribution in [2.24, 2.45) is 4.99 Å². The fraction of sp³-hybridized carbons (Fsp3) is 0.240. The normalized spacial score (nSPS) is 14.8. The summed E-state index contributed by atoms with van der Waals surface area (Å²) in [5, 5.41) is 0. The summed E-state index contributed by atoms with van der Waals surface area (Å²) < 4.78 is 0. The van der Waals surface area contributed by atoms with Crippen LogP contribution in [-0.4, -0.2) is 30.6 Å². The van der Waals surface area contributed by atoms with Crippen molar-refractivity contribution in [3.8, 4) is 0 Å². The Morgan fingerprint density at radius 3 is 2.25 bits per heavy atom. The van der Waals surface area contributed by atoms with Gasteiger partial charge < -0.3 is 4.90 Å². The first-order chi connectivity index (χ1) is 13.7. The lowest BCUT2D eigenvalue weighted by atomic mass is 10.1. The summed E-state index contributed by atoms with van der Waals surface area (Å²) >= 11 is 0. The van der Waals surface area contributed by atoms with Gasteiger partial charge in [-0.2, -0.15) is 0 Å². The van der Waals surface area contributed by atoms with Gasteiger partial charge in [-0.25, -0.2) is 0 Å². The van der Waals surface area contributed by atoms with Crippen LogP contribution in [0, 0.1) is 13.8 Å². The van der Waals surface area contributed by atoms with Crippen LogP contribution in [0.15, 0.2) is 83.9 Å². The second-order valence-electron chi connectivity index (χ2n) is 7.46. The van der Waals surface area contributed by atoms with E-state index in [1.807, 2.05) is 0 Å². The Morgan fingerprint density at radius 1 is 0.821 bits per heavy atom. The summed E-state index contributed by atoms with van der Waals surface area (Å²) in [5.41, 5.74) is 6.38. The van der Waals surface area contributed by atoms with Crippen LogP contribution in [0.4, 0.5) is 5.69 Å². The maximum atomic E-state index is 4.97. The Kier molecular flexibility index (Phi) is 5.54. The minimum Gasteiger partial charge on any atom is -0.313 e. The zero-order valence-electron chi connectivity index (χ0n) is 16.7. The summed E-state index contributed by atoms with van der Waals surface area (Å²) in [6, 6.07) is 27.9. The molecule has 28 heavy (non-hydrogen) atoms. The highest BCUT2D eigenvalue weighted by Gasteiger charge is 2.23. The third kappa shape index (κ3) is 4.15. The Bertz CT molecular complexity index is 948. The van der Waals surface area contributed by atoms with Crippen LogP contribution < -0.4 is 4.90 Å². The van der Waals surface area contributed by atoms with Gasteiger partial charge in [0.15, 0.2) is 0 Å². The third-order valence-corrected chi connectivity index (χ3v) is 5.41. The molecule has 0 unspecified atom stereocenters. The molecule has 0 N–H and O–H groups in total. The molecule has 0 bridgehead atoms. The number of rotatable bonds is 5. The first-order valence-corrected chi connectivity index (χ1v) is 9.91. The van der Waals surface area contributed by atoms with E-state index in [4.69, 9.17) is 4.99 Å². The molecule has 3 aromatic rings. The van der Waals surface area contributed by atoms with E-state index in [0.717, 1.165) is 32.1 Å². The molecule has 3 aromatic carbocycles. The highest BCUT2D eigenvalue weighted by Crippen LogP contribution is 2.24. The maximum absolute atomic E-state index is 4.97. The predicted molar refractivity (Wildman–Crippen MR) is 118 cm³/mol. The molecule has 1 aliphatic heterocycles. The smallest absolute Gasteiger partial charge is 0.137 e. The van der Waals surface area contributed by atoms with Crippen molar-refractivity contribution in [2.75, 3.05) is 24.8 Å². The molecule has 0 spiro atoms. The van der Waals surface area contributed by atoms with E-state index in [1.54, 1.807) is 0 Å². The number of aliphatic imine (C=N–C) groups is 1. The maximum Gasteiger partial charge on any atom is 0.137 e. The molecule has 1 aliphatic rings. The molecule has 0 saturated carbocycles. The van der Waals surface area contributed by atoms with Crippen LogP contribution in [0.25, 0.3) is 0 Å². The molecule has 3 heteroatoms. The number of aryl methyl sites for hydroxylation is 2. The van der Waals surface area contributed by atoms with E-state index in [2.05, 4.69) is 103 Å².